The van der Waals surface area contributed by atoms with Crippen molar-refractivity contribution in [2.75, 3.05) is 32.8 Å². The Labute approximate surface area is 115 Å². The Bertz CT molecular complexity index is 336. The summed E-state index contributed by atoms with van der Waals surface area (Å²) in [6.07, 6.45) is 1.78. The average Bonchev–Trinajstić information content (AvgIpc) is 2.39. The Hall–Kier alpha value is -1.12. The Balaban J connectivity index is 2.45. The monoisotopic (exact) mass is 267 g/mol. The third-order valence-electron chi connectivity index (χ3n) is 3.44. The number of ether oxygens (including phenoxy) is 1. The second-order valence-corrected chi connectivity index (χ2v) is 5.62. The summed E-state index contributed by atoms with van der Waals surface area (Å²) < 4.78 is 5.39. The fourth-order valence-electron chi connectivity index (χ4n) is 2.22. The van der Waals surface area contributed by atoms with Gasteiger partial charge in [-0.25, -0.2) is 0 Å². The number of carbonyl (C=O) groups excluding carboxylic acids is 1. The maximum atomic E-state index is 11.9. The molecule has 1 rings (SSSR count). The third-order valence-corrected chi connectivity index (χ3v) is 3.44. The molecule has 0 aromatic heterocycles. The number of nitrogens with one attached hydrogen (secondary N) is 1. The van der Waals surface area contributed by atoms with Gasteiger partial charge in [0.1, 0.15) is 6.04 Å². The van der Waals surface area contributed by atoms with Gasteiger partial charge in [-0.2, -0.15) is 5.26 Å². The first kappa shape index (κ1) is 15.9. The van der Waals surface area contributed by atoms with Gasteiger partial charge in [-0.05, 0) is 40.2 Å². The summed E-state index contributed by atoms with van der Waals surface area (Å²) >= 11 is 0. The van der Waals surface area contributed by atoms with Crippen molar-refractivity contribution < 1.29 is 9.53 Å². The van der Waals surface area contributed by atoms with E-state index in [1.54, 1.807) is 0 Å². The molecule has 5 nitrogen and oxygen atoms in total. The number of nitrogens with zero attached hydrogens (tertiary/aromatic N) is 2. The minimum absolute atomic E-state index is 0.0433. The molecule has 108 valence electrons. The van der Waals surface area contributed by atoms with Gasteiger partial charge in [0.25, 0.3) is 0 Å². The Morgan fingerprint density at radius 1 is 1.58 bits per heavy atom. The molecule has 0 bridgehead atoms. The molecule has 1 atom stereocenters. The van der Waals surface area contributed by atoms with Crippen molar-refractivity contribution in [1.82, 2.24) is 10.2 Å². The zero-order valence-corrected chi connectivity index (χ0v) is 12.2. The number of morpholine rings is 1. The topological polar surface area (TPSA) is 65.4 Å². The average molecular weight is 267 g/mol. The zero-order valence-electron chi connectivity index (χ0n) is 12.2. The molecule has 1 amide bonds. The van der Waals surface area contributed by atoms with Gasteiger partial charge in [0.05, 0.1) is 24.7 Å². The smallest absolute Gasteiger partial charge is 0.239 e. The minimum atomic E-state index is -0.284. The van der Waals surface area contributed by atoms with Crippen molar-refractivity contribution in [2.24, 2.45) is 5.41 Å². The molecular weight excluding hydrogens is 242 g/mol. The molecule has 0 aromatic carbocycles. The highest BCUT2D eigenvalue weighted by Gasteiger charge is 2.29. The second-order valence-electron chi connectivity index (χ2n) is 5.62. The first-order valence-electron chi connectivity index (χ1n) is 7.01. The van der Waals surface area contributed by atoms with Crippen LogP contribution < -0.4 is 5.32 Å². The lowest BCUT2D eigenvalue weighted by Gasteiger charge is -2.34. The summed E-state index contributed by atoms with van der Waals surface area (Å²) in [5, 5.41) is 11.8. The molecule has 0 saturated carbocycles. The van der Waals surface area contributed by atoms with Crippen molar-refractivity contribution in [3.8, 4) is 6.07 Å². The number of hydrogen-bond acceptors (Lipinski definition) is 4. The lowest BCUT2D eigenvalue weighted by atomic mass is 9.89. The molecule has 1 aliphatic heterocycles. The SMILES string of the molecule is CCNC(=O)C1COCCN1CCCC(C)(C)C#N. The van der Waals surface area contributed by atoms with Crippen LogP contribution in [0, 0.1) is 16.7 Å². The summed E-state index contributed by atoms with van der Waals surface area (Å²) in [7, 11) is 0. The van der Waals surface area contributed by atoms with Crippen molar-refractivity contribution in [2.45, 2.75) is 39.7 Å². The number of likely N-dealkylation sites (N-methyl/N-ethyl adjacent to an activating group) is 1. The van der Waals surface area contributed by atoms with Gasteiger partial charge in [-0.1, -0.05) is 0 Å². The minimum Gasteiger partial charge on any atom is -0.378 e. The van der Waals surface area contributed by atoms with Gasteiger partial charge >= 0.3 is 0 Å². The summed E-state index contributed by atoms with van der Waals surface area (Å²) in [6.45, 7) is 9.24. The molecule has 1 fully saturated rings. The maximum Gasteiger partial charge on any atom is 0.239 e. The summed E-state index contributed by atoms with van der Waals surface area (Å²) in [6, 6.07) is 2.13. The lowest BCUT2D eigenvalue weighted by Crippen LogP contribution is -2.54. The van der Waals surface area contributed by atoms with Gasteiger partial charge < -0.3 is 10.1 Å². The summed E-state index contributed by atoms with van der Waals surface area (Å²) in [4.78, 5) is 14.1. The molecule has 0 radical (unpaired) electrons. The van der Waals surface area contributed by atoms with Crippen LogP contribution in [0.2, 0.25) is 0 Å². The molecule has 1 N–H and O–H groups in total. The van der Waals surface area contributed by atoms with Gasteiger partial charge in [0, 0.05) is 13.1 Å². The molecule has 1 heterocycles. The van der Waals surface area contributed by atoms with Crippen LogP contribution in [0.5, 0.6) is 0 Å². The standard InChI is InChI=1S/C14H25N3O2/c1-4-16-13(18)12-10-19-9-8-17(12)7-5-6-14(2,3)11-15/h12H,4-10H2,1-3H3,(H,16,18). The largest absolute Gasteiger partial charge is 0.378 e. The van der Waals surface area contributed by atoms with Crippen molar-refractivity contribution in [3.05, 3.63) is 0 Å². The highest BCUT2D eigenvalue weighted by Crippen LogP contribution is 2.21. The van der Waals surface area contributed by atoms with Crippen molar-refractivity contribution in [3.63, 3.8) is 0 Å². The van der Waals surface area contributed by atoms with E-state index in [1.807, 2.05) is 20.8 Å². The number of hydrogen-bond donors (Lipinski definition) is 1. The maximum absolute atomic E-state index is 11.9. The van der Waals surface area contributed by atoms with Crippen LogP contribution in [-0.4, -0.2) is 49.7 Å². The second kappa shape index (κ2) is 7.46. The molecule has 1 aliphatic rings. The van der Waals surface area contributed by atoms with E-state index in [9.17, 15) is 4.79 Å². The van der Waals surface area contributed by atoms with E-state index in [-0.39, 0.29) is 17.4 Å². The van der Waals surface area contributed by atoms with Crippen LogP contribution in [0.3, 0.4) is 0 Å². The quantitative estimate of drug-likeness (QED) is 0.784. The predicted octanol–water partition coefficient (Wildman–Crippen LogP) is 1.15. The third kappa shape index (κ3) is 5.17. The van der Waals surface area contributed by atoms with E-state index in [0.717, 1.165) is 25.9 Å². The van der Waals surface area contributed by atoms with Gasteiger partial charge in [-0.3, -0.25) is 9.69 Å². The number of amides is 1. The van der Waals surface area contributed by atoms with Crippen LogP contribution in [0.25, 0.3) is 0 Å². The number of nitriles is 1. The van der Waals surface area contributed by atoms with Crippen LogP contribution >= 0.6 is 0 Å². The molecule has 0 aliphatic carbocycles. The van der Waals surface area contributed by atoms with Gasteiger partial charge in [0.2, 0.25) is 5.91 Å². The van der Waals surface area contributed by atoms with E-state index in [4.69, 9.17) is 10.00 Å². The van der Waals surface area contributed by atoms with E-state index < -0.39 is 0 Å². The van der Waals surface area contributed by atoms with E-state index in [0.29, 0.717) is 19.8 Å². The molecule has 0 aromatic rings. The fourth-order valence-corrected chi connectivity index (χ4v) is 2.22. The normalized spacial score (nSPS) is 20.8. The van der Waals surface area contributed by atoms with Crippen molar-refractivity contribution >= 4 is 5.91 Å². The molecule has 1 unspecified atom stereocenters. The predicted molar refractivity (Wildman–Crippen MR) is 73.5 cm³/mol. The summed E-state index contributed by atoms with van der Waals surface area (Å²) in [5.74, 6) is 0.0433. The van der Waals surface area contributed by atoms with Crippen molar-refractivity contribution in [1.29, 1.82) is 5.26 Å². The molecule has 0 spiro atoms. The first-order valence-corrected chi connectivity index (χ1v) is 7.01. The molecule has 1 saturated heterocycles. The lowest BCUT2D eigenvalue weighted by molar-refractivity contribution is -0.132. The van der Waals surface area contributed by atoms with E-state index in [2.05, 4.69) is 16.3 Å². The first-order chi connectivity index (χ1) is 9.00. The molecule has 19 heavy (non-hydrogen) atoms. The summed E-state index contributed by atoms with van der Waals surface area (Å²) in [5.41, 5.74) is -0.284. The van der Waals surface area contributed by atoms with Crippen LogP contribution in [0.15, 0.2) is 0 Å². The zero-order chi connectivity index (χ0) is 14.3. The Morgan fingerprint density at radius 3 is 2.95 bits per heavy atom. The highest BCUT2D eigenvalue weighted by atomic mass is 16.5. The van der Waals surface area contributed by atoms with Gasteiger partial charge in [0.15, 0.2) is 0 Å². The fraction of sp³-hybridized carbons (Fsp3) is 0.857. The molecular formula is C14H25N3O2. The Morgan fingerprint density at radius 2 is 2.32 bits per heavy atom. The van der Waals surface area contributed by atoms with E-state index in [1.165, 1.54) is 0 Å². The van der Waals surface area contributed by atoms with Crippen LogP contribution in [0.1, 0.15) is 33.6 Å². The number of rotatable bonds is 6. The van der Waals surface area contributed by atoms with E-state index >= 15 is 0 Å². The Kier molecular flexibility index (Phi) is 6.26. The highest BCUT2D eigenvalue weighted by molar-refractivity contribution is 5.81. The van der Waals surface area contributed by atoms with Crippen LogP contribution in [0.4, 0.5) is 0 Å². The van der Waals surface area contributed by atoms with Crippen LogP contribution in [-0.2, 0) is 9.53 Å². The van der Waals surface area contributed by atoms with Gasteiger partial charge in [-0.15, -0.1) is 0 Å². The number of carbonyl (C=O) groups is 1. The molecule has 5 heteroatoms.